The van der Waals surface area contributed by atoms with Gasteiger partial charge >= 0.3 is 6.18 Å². The lowest BCUT2D eigenvalue weighted by Gasteiger charge is -2.33. The molecule has 1 aromatic heterocycles. The van der Waals surface area contributed by atoms with E-state index in [0.717, 1.165) is 10.2 Å². The van der Waals surface area contributed by atoms with Crippen LogP contribution in [0.4, 0.5) is 19.0 Å². The Morgan fingerprint density at radius 3 is 2.67 bits per heavy atom. The van der Waals surface area contributed by atoms with Crippen LogP contribution in [-0.2, 0) is 13.0 Å². The number of methoxy groups -OCH3 is 1. The van der Waals surface area contributed by atoms with E-state index in [1.165, 1.54) is 18.7 Å². The molecular weight excluding hydrogens is 433 g/mol. The maximum atomic E-state index is 14.0. The molecule has 3 aromatic rings. The number of rotatable bonds is 3. The smallest absolute Gasteiger partial charge is 0.410 e. The first-order valence-corrected chi connectivity index (χ1v) is 10.8. The van der Waals surface area contributed by atoms with Gasteiger partial charge in [0.15, 0.2) is 11.7 Å². The van der Waals surface area contributed by atoms with Crippen LogP contribution in [0.15, 0.2) is 54.6 Å². The highest BCUT2D eigenvalue weighted by molar-refractivity contribution is 5.93. The lowest BCUT2D eigenvalue weighted by molar-refractivity contribution is -0.173. The van der Waals surface area contributed by atoms with Crippen molar-refractivity contribution in [1.29, 1.82) is 0 Å². The molecule has 1 amide bonds. The number of hydrogen-bond acceptors (Lipinski definition) is 4. The highest BCUT2D eigenvalue weighted by Crippen LogP contribution is 2.44. The third-order valence-corrected chi connectivity index (χ3v) is 6.32. The second-order valence-electron chi connectivity index (χ2n) is 8.37. The predicted molar refractivity (Wildman–Crippen MR) is 116 cm³/mol. The van der Waals surface area contributed by atoms with E-state index >= 15 is 0 Å². The van der Waals surface area contributed by atoms with Gasteiger partial charge in [-0.3, -0.25) is 4.79 Å². The number of ether oxygens (including phenoxy) is 1. The van der Waals surface area contributed by atoms with Crippen molar-refractivity contribution in [3.8, 4) is 5.75 Å². The Morgan fingerprint density at radius 2 is 1.91 bits per heavy atom. The third-order valence-electron chi connectivity index (χ3n) is 6.32. The summed E-state index contributed by atoms with van der Waals surface area (Å²) in [5.41, 5.74) is 2.92. The van der Waals surface area contributed by atoms with Crippen LogP contribution in [0.1, 0.15) is 45.7 Å². The molecule has 5 rings (SSSR count). The average molecular weight is 456 g/mol. The molecule has 0 saturated heterocycles. The molecule has 0 spiro atoms. The van der Waals surface area contributed by atoms with Crippen LogP contribution in [0.25, 0.3) is 0 Å². The Morgan fingerprint density at radius 1 is 1.12 bits per heavy atom. The summed E-state index contributed by atoms with van der Waals surface area (Å²) in [6.45, 7) is 0.917. The minimum Gasteiger partial charge on any atom is -0.497 e. The van der Waals surface area contributed by atoms with Crippen LogP contribution >= 0.6 is 0 Å². The van der Waals surface area contributed by atoms with Gasteiger partial charge in [0, 0.05) is 25.6 Å². The molecule has 2 atom stereocenters. The molecule has 0 radical (unpaired) electrons. The zero-order chi connectivity index (χ0) is 23.2. The van der Waals surface area contributed by atoms with Gasteiger partial charge in [0.1, 0.15) is 11.6 Å². The Hall–Kier alpha value is -3.49. The Labute approximate surface area is 189 Å². The summed E-state index contributed by atoms with van der Waals surface area (Å²) in [5.74, 6) is 0.377. The van der Waals surface area contributed by atoms with Crippen molar-refractivity contribution in [3.63, 3.8) is 0 Å². The van der Waals surface area contributed by atoms with E-state index in [2.05, 4.69) is 10.4 Å². The molecular formula is C24H23F3N4O2. The van der Waals surface area contributed by atoms with Gasteiger partial charge in [-0.05, 0) is 35.2 Å². The number of carbonyl (C=O) groups is 1. The fourth-order valence-corrected chi connectivity index (χ4v) is 4.59. The second-order valence-corrected chi connectivity index (χ2v) is 8.37. The van der Waals surface area contributed by atoms with Gasteiger partial charge < -0.3 is 15.0 Å². The summed E-state index contributed by atoms with van der Waals surface area (Å²) in [4.78, 5) is 14.8. The molecule has 2 aromatic carbocycles. The molecule has 3 heterocycles. The van der Waals surface area contributed by atoms with Gasteiger partial charge in [-0.15, -0.1) is 0 Å². The fourth-order valence-electron chi connectivity index (χ4n) is 4.59. The number of benzene rings is 2. The molecule has 0 aliphatic carbocycles. The molecule has 2 aliphatic rings. The first-order chi connectivity index (χ1) is 15.8. The summed E-state index contributed by atoms with van der Waals surface area (Å²) >= 11 is 0. The minimum absolute atomic E-state index is 0.0115. The van der Waals surface area contributed by atoms with Crippen LogP contribution in [0.5, 0.6) is 5.75 Å². The zero-order valence-corrected chi connectivity index (χ0v) is 18.0. The van der Waals surface area contributed by atoms with Gasteiger partial charge in [-0.25, -0.2) is 4.68 Å². The summed E-state index contributed by atoms with van der Waals surface area (Å²) < 4.78 is 48.1. The number of aromatic nitrogens is 2. The van der Waals surface area contributed by atoms with E-state index in [4.69, 9.17) is 4.74 Å². The lowest BCUT2D eigenvalue weighted by Crippen LogP contribution is -2.37. The van der Waals surface area contributed by atoms with Gasteiger partial charge in [0.2, 0.25) is 0 Å². The van der Waals surface area contributed by atoms with E-state index in [0.29, 0.717) is 30.8 Å². The number of anilines is 1. The van der Waals surface area contributed by atoms with Gasteiger partial charge in [-0.1, -0.05) is 36.4 Å². The fraction of sp³-hybridized carbons (Fsp3) is 0.333. The Balaban J connectivity index is 1.44. The SMILES string of the molecule is COc1cccc([C@H]2C[C@@H](C(F)(F)F)n3nc(C(=O)N4CCc5ccccc5C4)cc3N2)c1. The molecule has 6 nitrogen and oxygen atoms in total. The van der Waals surface area contributed by atoms with E-state index < -0.39 is 18.3 Å². The summed E-state index contributed by atoms with van der Waals surface area (Å²) in [6, 6.07) is 13.8. The van der Waals surface area contributed by atoms with Crippen molar-refractivity contribution in [2.45, 2.75) is 37.6 Å². The number of nitrogens with zero attached hydrogens (tertiary/aromatic N) is 3. The maximum absolute atomic E-state index is 14.0. The quantitative estimate of drug-likeness (QED) is 0.618. The maximum Gasteiger partial charge on any atom is 0.410 e. The van der Waals surface area contributed by atoms with Crippen molar-refractivity contribution in [3.05, 3.63) is 77.0 Å². The Kier molecular flexibility index (Phi) is 5.26. The molecule has 33 heavy (non-hydrogen) atoms. The molecule has 0 saturated carbocycles. The van der Waals surface area contributed by atoms with E-state index in [9.17, 15) is 18.0 Å². The topological polar surface area (TPSA) is 59.4 Å². The average Bonchev–Trinajstić information content (AvgIpc) is 3.26. The number of nitrogens with one attached hydrogen (secondary N) is 1. The van der Waals surface area contributed by atoms with Crippen molar-refractivity contribution in [2.75, 3.05) is 19.0 Å². The van der Waals surface area contributed by atoms with Crippen LogP contribution in [0.2, 0.25) is 0 Å². The van der Waals surface area contributed by atoms with Crippen LogP contribution in [-0.4, -0.2) is 40.4 Å². The van der Waals surface area contributed by atoms with E-state index in [1.807, 2.05) is 24.3 Å². The van der Waals surface area contributed by atoms with Crippen molar-refractivity contribution >= 4 is 11.7 Å². The lowest BCUT2D eigenvalue weighted by atomic mass is 9.97. The molecule has 9 heteroatoms. The van der Waals surface area contributed by atoms with Crippen LogP contribution in [0.3, 0.4) is 0 Å². The second kappa shape index (κ2) is 8.13. The summed E-state index contributed by atoms with van der Waals surface area (Å²) in [7, 11) is 1.51. The number of halogens is 3. The summed E-state index contributed by atoms with van der Waals surface area (Å²) in [6.07, 6.45) is -4.04. The first kappa shape index (κ1) is 21.4. The largest absolute Gasteiger partial charge is 0.497 e. The van der Waals surface area contributed by atoms with E-state index in [-0.39, 0.29) is 23.8 Å². The number of amides is 1. The van der Waals surface area contributed by atoms with Gasteiger partial charge in [0.25, 0.3) is 5.91 Å². The molecule has 172 valence electrons. The van der Waals surface area contributed by atoms with E-state index in [1.54, 1.807) is 29.2 Å². The van der Waals surface area contributed by atoms with Crippen molar-refractivity contribution < 1.29 is 22.7 Å². The number of fused-ring (bicyclic) bond motifs is 2. The highest BCUT2D eigenvalue weighted by Gasteiger charge is 2.47. The normalized spacial score (nSPS) is 19.9. The van der Waals surface area contributed by atoms with Gasteiger partial charge in [0.05, 0.1) is 13.2 Å². The summed E-state index contributed by atoms with van der Waals surface area (Å²) in [5, 5.41) is 7.24. The molecule has 0 bridgehead atoms. The predicted octanol–water partition coefficient (Wildman–Crippen LogP) is 4.75. The molecule has 2 aliphatic heterocycles. The molecule has 0 fully saturated rings. The zero-order valence-electron chi connectivity index (χ0n) is 18.0. The van der Waals surface area contributed by atoms with Crippen LogP contribution in [0, 0.1) is 0 Å². The van der Waals surface area contributed by atoms with Crippen molar-refractivity contribution in [2.24, 2.45) is 0 Å². The van der Waals surface area contributed by atoms with Gasteiger partial charge in [-0.2, -0.15) is 18.3 Å². The van der Waals surface area contributed by atoms with Crippen LogP contribution < -0.4 is 10.1 Å². The molecule has 1 N–H and O–H groups in total. The minimum atomic E-state index is -4.51. The highest BCUT2D eigenvalue weighted by atomic mass is 19.4. The number of alkyl halides is 3. The molecule has 0 unspecified atom stereocenters. The number of hydrogen-bond donors (Lipinski definition) is 1. The monoisotopic (exact) mass is 456 g/mol. The standard InChI is InChI=1S/C24H23F3N4O2/c1-33-18-8-4-7-16(11-18)19-12-21(24(25,26)27)31-22(28-19)13-20(29-31)23(32)30-10-9-15-5-2-3-6-17(15)14-30/h2-8,11,13,19,21,28H,9-10,12,14H2,1H3/t19-,21+/m1/s1. The van der Waals surface area contributed by atoms with Crippen molar-refractivity contribution in [1.82, 2.24) is 14.7 Å². The first-order valence-electron chi connectivity index (χ1n) is 10.8. The third kappa shape index (κ3) is 4.03. The Bertz CT molecular complexity index is 1190. The number of carbonyl (C=O) groups excluding carboxylic acids is 1.